The van der Waals surface area contributed by atoms with Crippen LogP contribution in [-0.2, 0) is 19.1 Å². The van der Waals surface area contributed by atoms with Crippen molar-refractivity contribution >= 4 is 50.7 Å². The maximum atomic E-state index is 12.7. The Balaban J connectivity index is 1.47. The predicted molar refractivity (Wildman–Crippen MR) is 110 cm³/mol. The van der Waals surface area contributed by atoms with Crippen molar-refractivity contribution in [1.82, 2.24) is 0 Å². The number of hydrogen-bond acceptors (Lipinski definition) is 6. The highest BCUT2D eigenvalue weighted by Crippen LogP contribution is 2.39. The number of carbonyl (C=O) groups excluding carboxylic acids is 3. The molecular weight excluding hydrogens is 384 g/mol. The molecule has 0 spiro atoms. The summed E-state index contributed by atoms with van der Waals surface area (Å²) in [7, 11) is 3.87. The van der Waals surface area contributed by atoms with Gasteiger partial charge in [-0.25, -0.2) is 0 Å². The Hall–Kier alpha value is -1.67. The minimum absolute atomic E-state index is 0.0746. The first-order valence-corrected chi connectivity index (χ1v) is 11.6. The van der Waals surface area contributed by atoms with Gasteiger partial charge in [-0.3, -0.25) is 19.3 Å². The van der Waals surface area contributed by atoms with Crippen LogP contribution in [0.5, 0.6) is 0 Å². The van der Waals surface area contributed by atoms with Gasteiger partial charge in [-0.2, -0.15) is 0 Å². The molecule has 6 nitrogen and oxygen atoms in total. The van der Waals surface area contributed by atoms with E-state index in [9.17, 15) is 14.4 Å². The number of para-hydroxylation sites is 2. The highest BCUT2D eigenvalue weighted by Gasteiger charge is 2.31. The monoisotopic (exact) mass is 408 g/mol. The van der Waals surface area contributed by atoms with E-state index in [0.717, 1.165) is 19.3 Å². The Morgan fingerprint density at radius 3 is 2.93 bits per heavy atom. The molecule has 1 fully saturated rings. The van der Waals surface area contributed by atoms with Gasteiger partial charge in [0.1, 0.15) is 6.54 Å². The zero-order valence-electron chi connectivity index (χ0n) is 15.3. The number of ether oxygens (including phenoxy) is 1. The van der Waals surface area contributed by atoms with Crippen LogP contribution in [0.1, 0.15) is 39.0 Å². The fourth-order valence-electron chi connectivity index (χ4n) is 3.16. The third kappa shape index (κ3) is 5.42. The maximum absolute atomic E-state index is 12.7. The number of hydrogen-bond donors (Lipinski definition) is 1. The molecule has 1 aromatic carbocycles. The van der Waals surface area contributed by atoms with Crippen molar-refractivity contribution in [1.29, 1.82) is 0 Å². The van der Waals surface area contributed by atoms with Gasteiger partial charge in [0.2, 0.25) is 5.91 Å². The number of nitrogens with one attached hydrogen (secondary N) is 1. The van der Waals surface area contributed by atoms with Gasteiger partial charge in [-0.15, -0.1) is 0 Å². The van der Waals surface area contributed by atoms with Gasteiger partial charge in [0, 0.05) is 17.4 Å². The third-order valence-electron chi connectivity index (χ3n) is 4.58. The number of nitrogens with zero attached hydrogens (tertiary/aromatic N) is 1. The van der Waals surface area contributed by atoms with E-state index in [4.69, 9.17) is 4.74 Å². The molecule has 146 valence electrons. The fourth-order valence-corrected chi connectivity index (χ4v) is 6.19. The summed E-state index contributed by atoms with van der Waals surface area (Å²) in [4.78, 5) is 38.0. The largest absolute Gasteiger partial charge is 0.453 e. The second kappa shape index (κ2) is 9.50. The molecule has 0 aliphatic carbocycles. The van der Waals surface area contributed by atoms with Gasteiger partial charge >= 0.3 is 5.97 Å². The predicted octanol–water partition coefficient (Wildman–Crippen LogP) is 3.62. The Bertz CT molecular complexity index is 707. The molecule has 2 heterocycles. The van der Waals surface area contributed by atoms with E-state index in [0.29, 0.717) is 23.0 Å². The number of carbonyl (C=O) groups is 3. The second-order valence-electron chi connectivity index (χ2n) is 6.70. The van der Waals surface area contributed by atoms with Crippen molar-refractivity contribution in [3.8, 4) is 0 Å². The molecule has 8 heteroatoms. The molecule has 0 aromatic heterocycles. The molecule has 1 N–H and O–H groups in total. The van der Waals surface area contributed by atoms with Crippen LogP contribution in [0.4, 0.5) is 11.4 Å². The van der Waals surface area contributed by atoms with Gasteiger partial charge in [-0.1, -0.05) is 40.1 Å². The van der Waals surface area contributed by atoms with Crippen LogP contribution in [-0.4, -0.2) is 41.4 Å². The molecule has 2 aliphatic rings. The molecule has 3 rings (SSSR count). The first-order chi connectivity index (χ1) is 13.0. The number of amides is 2. The normalized spacial score (nSPS) is 20.0. The van der Waals surface area contributed by atoms with Gasteiger partial charge in [-0.05, 0) is 38.3 Å². The number of rotatable bonds is 7. The quantitative estimate of drug-likeness (QED) is 0.422. The van der Waals surface area contributed by atoms with E-state index in [1.54, 1.807) is 31.2 Å². The summed E-state index contributed by atoms with van der Waals surface area (Å²) in [5, 5.41) is 3.44. The van der Waals surface area contributed by atoms with Crippen LogP contribution >= 0.6 is 21.6 Å². The van der Waals surface area contributed by atoms with Crippen molar-refractivity contribution in [3.05, 3.63) is 24.3 Å². The summed E-state index contributed by atoms with van der Waals surface area (Å²) in [6.45, 7) is 1.48. The average molecular weight is 409 g/mol. The van der Waals surface area contributed by atoms with Crippen LogP contribution in [0.2, 0.25) is 0 Å². The lowest BCUT2D eigenvalue weighted by Gasteiger charge is -2.30. The fraction of sp³-hybridized carbons (Fsp3) is 0.526. The molecule has 0 radical (unpaired) electrons. The van der Waals surface area contributed by atoms with E-state index >= 15 is 0 Å². The lowest BCUT2D eigenvalue weighted by atomic mass is 10.1. The first-order valence-electron chi connectivity index (χ1n) is 9.22. The second-order valence-corrected chi connectivity index (χ2v) is 9.48. The summed E-state index contributed by atoms with van der Waals surface area (Å²) < 4.78 is 5.32. The lowest BCUT2D eigenvalue weighted by Crippen LogP contribution is -2.47. The van der Waals surface area contributed by atoms with E-state index in [1.807, 2.05) is 21.6 Å². The smallest absolute Gasteiger partial charge is 0.306 e. The summed E-state index contributed by atoms with van der Waals surface area (Å²) in [6.07, 6.45) is 3.54. The van der Waals surface area contributed by atoms with Crippen molar-refractivity contribution in [2.24, 2.45) is 0 Å². The van der Waals surface area contributed by atoms with Crippen LogP contribution in [0, 0.1) is 0 Å². The molecular formula is C19H24N2O4S2. The highest BCUT2D eigenvalue weighted by molar-refractivity contribution is 8.77. The third-order valence-corrected chi connectivity index (χ3v) is 7.58. The molecule has 0 saturated carbocycles. The number of esters is 1. The molecule has 1 aromatic rings. The van der Waals surface area contributed by atoms with Gasteiger partial charge < -0.3 is 10.1 Å². The van der Waals surface area contributed by atoms with Crippen molar-refractivity contribution < 1.29 is 19.1 Å². The number of fused-ring (bicyclic) bond motifs is 1. The van der Waals surface area contributed by atoms with E-state index < -0.39 is 6.10 Å². The maximum Gasteiger partial charge on any atom is 0.306 e. The van der Waals surface area contributed by atoms with Crippen molar-refractivity contribution in [2.75, 3.05) is 22.5 Å². The zero-order chi connectivity index (χ0) is 19.2. The Labute approximate surface area is 167 Å². The molecule has 0 unspecified atom stereocenters. The summed E-state index contributed by atoms with van der Waals surface area (Å²) in [5.41, 5.74) is 1.21. The number of anilines is 2. The molecule has 0 bridgehead atoms. The summed E-state index contributed by atoms with van der Waals surface area (Å²) >= 11 is 0. The van der Waals surface area contributed by atoms with Crippen LogP contribution in [0.25, 0.3) is 0 Å². The SMILES string of the molecule is C[C@H](OC(=O)CCCC[C@@H]1CCSS1)C(=O)N1CC(=O)Nc2ccccc21. The number of unbranched alkanes of at least 4 members (excludes halogenated alkanes) is 1. The van der Waals surface area contributed by atoms with Gasteiger partial charge in [0.05, 0.1) is 11.4 Å². The zero-order valence-corrected chi connectivity index (χ0v) is 16.9. The van der Waals surface area contributed by atoms with Crippen LogP contribution < -0.4 is 10.2 Å². The topological polar surface area (TPSA) is 75.7 Å². The average Bonchev–Trinajstić information content (AvgIpc) is 3.17. The van der Waals surface area contributed by atoms with E-state index in [-0.39, 0.29) is 24.3 Å². The summed E-state index contributed by atoms with van der Waals surface area (Å²) in [6, 6.07) is 7.10. The van der Waals surface area contributed by atoms with Crippen LogP contribution in [0.3, 0.4) is 0 Å². The van der Waals surface area contributed by atoms with Gasteiger partial charge in [0.15, 0.2) is 6.10 Å². The Morgan fingerprint density at radius 2 is 2.15 bits per heavy atom. The summed E-state index contributed by atoms with van der Waals surface area (Å²) in [5.74, 6) is 0.210. The first kappa shape index (κ1) is 20.1. The molecule has 2 amide bonds. The van der Waals surface area contributed by atoms with Gasteiger partial charge in [0.25, 0.3) is 5.91 Å². The minimum atomic E-state index is -0.918. The number of benzene rings is 1. The van der Waals surface area contributed by atoms with Crippen LogP contribution in [0.15, 0.2) is 24.3 Å². The van der Waals surface area contributed by atoms with E-state index in [1.165, 1.54) is 17.1 Å². The molecule has 2 aliphatic heterocycles. The minimum Gasteiger partial charge on any atom is -0.453 e. The highest BCUT2D eigenvalue weighted by atomic mass is 33.1. The van der Waals surface area contributed by atoms with Crippen molar-refractivity contribution in [3.63, 3.8) is 0 Å². The van der Waals surface area contributed by atoms with E-state index in [2.05, 4.69) is 5.32 Å². The Morgan fingerprint density at radius 1 is 1.33 bits per heavy atom. The standard InChI is InChI=1S/C19H24N2O4S2/c1-13(25-18(23)9-5-2-6-14-10-11-26-27-14)19(24)21-12-17(22)20-15-7-3-4-8-16(15)21/h3-4,7-8,13-14H,2,5-6,9-12H2,1H3,(H,20,22)/t13-,14+/m0/s1. The molecule has 27 heavy (non-hydrogen) atoms. The molecule has 1 saturated heterocycles. The Kier molecular flexibility index (Phi) is 7.07. The van der Waals surface area contributed by atoms with Crippen molar-refractivity contribution in [2.45, 2.75) is 50.4 Å². The lowest BCUT2D eigenvalue weighted by molar-refractivity contribution is -0.154. The molecule has 2 atom stereocenters.